The quantitative estimate of drug-likeness (QED) is 0.867. The van der Waals surface area contributed by atoms with Crippen LogP contribution in [0.3, 0.4) is 0 Å². The van der Waals surface area contributed by atoms with E-state index < -0.39 is 0 Å². The van der Waals surface area contributed by atoms with Crippen molar-refractivity contribution in [1.82, 2.24) is 10.2 Å². The number of amides is 2. The summed E-state index contributed by atoms with van der Waals surface area (Å²) in [7, 11) is 0. The molecule has 1 saturated heterocycles. The number of hydrogen-bond acceptors (Lipinski definition) is 3. The Morgan fingerprint density at radius 1 is 1.25 bits per heavy atom. The molecule has 5 heteroatoms. The first-order valence-electron chi connectivity index (χ1n) is 7.11. The lowest BCUT2D eigenvalue weighted by atomic mass is 9.87. The molecule has 1 spiro atoms. The molecule has 2 aliphatic rings. The van der Waals surface area contributed by atoms with Crippen molar-refractivity contribution >= 4 is 11.9 Å². The molecule has 5 nitrogen and oxygen atoms in total. The largest absolute Gasteiger partial charge is 0.385 e. The molecule has 1 aromatic carbocycles. The fourth-order valence-electron chi connectivity index (χ4n) is 2.98. The maximum absolute atomic E-state index is 11.3. The van der Waals surface area contributed by atoms with Gasteiger partial charge in [0.25, 0.3) is 0 Å². The van der Waals surface area contributed by atoms with E-state index in [-0.39, 0.29) is 11.6 Å². The summed E-state index contributed by atoms with van der Waals surface area (Å²) in [5.41, 5.74) is 6.88. The molecule has 0 aliphatic carbocycles. The van der Waals surface area contributed by atoms with E-state index in [1.54, 1.807) is 0 Å². The highest BCUT2D eigenvalue weighted by Crippen LogP contribution is 2.26. The number of amidine groups is 1. The number of rotatable bonds is 3. The van der Waals surface area contributed by atoms with E-state index in [1.807, 2.05) is 6.07 Å². The van der Waals surface area contributed by atoms with Crippen LogP contribution in [0.2, 0.25) is 0 Å². The van der Waals surface area contributed by atoms with E-state index in [9.17, 15) is 4.79 Å². The van der Waals surface area contributed by atoms with Gasteiger partial charge >= 0.3 is 6.03 Å². The fourth-order valence-corrected chi connectivity index (χ4v) is 2.98. The average Bonchev–Trinajstić information content (AvgIpc) is 2.74. The molecular weight excluding hydrogens is 252 g/mol. The molecule has 3 N–H and O–H groups in total. The predicted octanol–water partition coefficient (Wildman–Crippen LogP) is 1.14. The molecule has 2 aliphatic heterocycles. The van der Waals surface area contributed by atoms with Crippen molar-refractivity contribution in [1.29, 1.82) is 0 Å². The Morgan fingerprint density at radius 2 is 1.95 bits per heavy atom. The van der Waals surface area contributed by atoms with Crippen LogP contribution in [-0.4, -0.2) is 41.9 Å². The molecule has 20 heavy (non-hydrogen) atoms. The zero-order chi connectivity index (χ0) is 14.0. The van der Waals surface area contributed by atoms with Crippen molar-refractivity contribution in [2.75, 3.05) is 19.6 Å². The van der Waals surface area contributed by atoms with E-state index >= 15 is 0 Å². The third-order valence-electron chi connectivity index (χ3n) is 4.33. The lowest BCUT2D eigenvalue weighted by molar-refractivity contribution is 0.179. The number of likely N-dealkylation sites (tertiary alicyclic amines) is 1. The molecule has 0 saturated carbocycles. The van der Waals surface area contributed by atoms with Crippen LogP contribution in [0.15, 0.2) is 35.3 Å². The molecular formula is C15H20N4O. The number of nitrogens with two attached hydrogens (primary N) is 1. The molecule has 106 valence electrons. The molecule has 0 atom stereocenters. The second-order valence-corrected chi connectivity index (χ2v) is 5.59. The van der Waals surface area contributed by atoms with Gasteiger partial charge < -0.3 is 16.0 Å². The molecule has 2 heterocycles. The summed E-state index contributed by atoms with van der Waals surface area (Å²) in [6.07, 6.45) is 2.76. The maximum atomic E-state index is 11.3. The van der Waals surface area contributed by atoms with Gasteiger partial charge in [-0.2, -0.15) is 4.99 Å². The first-order chi connectivity index (χ1) is 9.68. The van der Waals surface area contributed by atoms with Crippen LogP contribution >= 0.6 is 0 Å². The number of nitrogens with one attached hydrogen (secondary N) is 1. The molecule has 0 bridgehead atoms. The van der Waals surface area contributed by atoms with Crippen LogP contribution < -0.4 is 11.1 Å². The summed E-state index contributed by atoms with van der Waals surface area (Å²) in [5.74, 6) is 0.463. The van der Waals surface area contributed by atoms with Crippen molar-refractivity contribution < 1.29 is 4.79 Å². The van der Waals surface area contributed by atoms with Gasteiger partial charge in [-0.25, -0.2) is 4.79 Å². The number of hydrogen-bond donors (Lipinski definition) is 2. The second-order valence-electron chi connectivity index (χ2n) is 5.59. The minimum absolute atomic E-state index is 0.291. The number of carbonyl (C=O) groups excluding carboxylic acids is 1. The molecule has 2 amide bonds. The predicted molar refractivity (Wildman–Crippen MR) is 78.7 cm³/mol. The van der Waals surface area contributed by atoms with Crippen LogP contribution in [0.4, 0.5) is 4.79 Å². The number of benzene rings is 1. The summed E-state index contributed by atoms with van der Waals surface area (Å²) in [6, 6.07) is 10.2. The zero-order valence-corrected chi connectivity index (χ0v) is 11.5. The molecule has 0 unspecified atom stereocenters. The average molecular weight is 272 g/mol. The Hall–Kier alpha value is -1.88. The van der Waals surface area contributed by atoms with Crippen LogP contribution in [0.5, 0.6) is 0 Å². The Labute approximate surface area is 118 Å². The van der Waals surface area contributed by atoms with Crippen molar-refractivity contribution in [3.63, 3.8) is 0 Å². The van der Waals surface area contributed by atoms with Gasteiger partial charge in [-0.1, -0.05) is 30.3 Å². The highest BCUT2D eigenvalue weighted by atomic mass is 16.2. The number of aliphatic imine (C=N–C) groups is 1. The highest BCUT2D eigenvalue weighted by molar-refractivity contribution is 6.05. The van der Waals surface area contributed by atoms with Gasteiger partial charge in [-0.3, -0.25) is 0 Å². The standard InChI is InChI=1S/C15H20N4O/c16-13-15(18-14(20)17-13)7-10-19(11-8-15)9-6-12-4-2-1-3-5-12/h1-5H,6-11H2,(H3,16,17,18,20). The molecule has 1 fully saturated rings. The van der Waals surface area contributed by atoms with Gasteiger partial charge in [0.2, 0.25) is 0 Å². The van der Waals surface area contributed by atoms with Crippen LogP contribution in [-0.2, 0) is 6.42 Å². The topological polar surface area (TPSA) is 70.7 Å². The Balaban J connectivity index is 1.52. The second kappa shape index (κ2) is 5.25. The fraction of sp³-hybridized carbons (Fsp3) is 0.467. The van der Waals surface area contributed by atoms with E-state index in [1.165, 1.54) is 5.56 Å². The van der Waals surface area contributed by atoms with Crippen molar-refractivity contribution in [2.45, 2.75) is 24.8 Å². The molecule has 3 rings (SSSR count). The first-order valence-corrected chi connectivity index (χ1v) is 7.11. The van der Waals surface area contributed by atoms with Crippen LogP contribution in [0, 0.1) is 0 Å². The minimum atomic E-state index is -0.375. The van der Waals surface area contributed by atoms with Crippen molar-refractivity contribution in [2.24, 2.45) is 10.7 Å². The summed E-state index contributed by atoms with van der Waals surface area (Å²) in [5, 5.41) is 2.92. The Morgan fingerprint density at radius 3 is 2.55 bits per heavy atom. The number of urea groups is 1. The number of piperidine rings is 1. The van der Waals surface area contributed by atoms with Crippen molar-refractivity contribution in [3.05, 3.63) is 35.9 Å². The zero-order valence-electron chi connectivity index (χ0n) is 11.5. The van der Waals surface area contributed by atoms with Gasteiger partial charge in [0.05, 0.1) is 0 Å². The number of nitrogens with zero attached hydrogens (tertiary/aromatic N) is 2. The minimum Gasteiger partial charge on any atom is -0.385 e. The van der Waals surface area contributed by atoms with E-state index in [2.05, 4.69) is 39.5 Å². The smallest absolute Gasteiger partial charge is 0.343 e. The van der Waals surface area contributed by atoms with Gasteiger partial charge in [-0.05, 0) is 24.8 Å². The normalized spacial score (nSPS) is 21.8. The third kappa shape index (κ3) is 2.54. The monoisotopic (exact) mass is 272 g/mol. The Kier molecular flexibility index (Phi) is 3.44. The summed E-state index contributed by atoms with van der Waals surface area (Å²) in [6.45, 7) is 2.94. The number of carbonyl (C=O) groups is 1. The summed E-state index contributed by atoms with van der Waals surface area (Å²) >= 11 is 0. The van der Waals surface area contributed by atoms with Crippen LogP contribution in [0.25, 0.3) is 0 Å². The molecule has 0 radical (unpaired) electrons. The maximum Gasteiger partial charge on any atom is 0.343 e. The molecule has 1 aromatic rings. The van der Waals surface area contributed by atoms with E-state index in [0.717, 1.165) is 38.9 Å². The Bertz CT molecular complexity index is 518. The van der Waals surface area contributed by atoms with Crippen LogP contribution in [0.1, 0.15) is 18.4 Å². The lowest BCUT2D eigenvalue weighted by Crippen LogP contribution is -2.58. The summed E-state index contributed by atoms with van der Waals surface area (Å²) < 4.78 is 0. The van der Waals surface area contributed by atoms with Gasteiger partial charge in [0.15, 0.2) is 0 Å². The van der Waals surface area contributed by atoms with Gasteiger partial charge in [0.1, 0.15) is 11.4 Å². The van der Waals surface area contributed by atoms with Gasteiger partial charge in [0, 0.05) is 19.6 Å². The van der Waals surface area contributed by atoms with Gasteiger partial charge in [-0.15, -0.1) is 0 Å². The molecule has 0 aromatic heterocycles. The van der Waals surface area contributed by atoms with E-state index in [0.29, 0.717) is 5.84 Å². The first kappa shape index (κ1) is 13.1. The van der Waals surface area contributed by atoms with E-state index in [4.69, 9.17) is 5.73 Å². The van der Waals surface area contributed by atoms with Crippen molar-refractivity contribution in [3.8, 4) is 0 Å². The third-order valence-corrected chi connectivity index (χ3v) is 4.33. The lowest BCUT2D eigenvalue weighted by Gasteiger charge is -2.38. The highest BCUT2D eigenvalue weighted by Gasteiger charge is 2.43. The SMILES string of the molecule is NC1=NC(=O)NC12CCN(CCc1ccccc1)CC2. The summed E-state index contributed by atoms with van der Waals surface area (Å²) in [4.78, 5) is 17.6.